The average Bonchev–Trinajstić information content (AvgIpc) is 3.08. The van der Waals surface area contributed by atoms with Crippen molar-refractivity contribution in [3.8, 4) is 0 Å². The normalized spacial score (nSPS) is 26.6. The van der Waals surface area contributed by atoms with Crippen LogP contribution in [0.25, 0.3) is 11.2 Å². The molecule has 2 aromatic rings. The number of aliphatic hydroxyl groups is 1. The topological polar surface area (TPSA) is 204 Å². The Kier molecular flexibility index (Phi) is 5.09. The quantitative estimate of drug-likeness (QED) is 0.206. The predicted octanol–water partition coefficient (Wildman–Crippen LogP) is -1.98. The van der Waals surface area contributed by atoms with Gasteiger partial charge < -0.3 is 25.4 Å². The summed E-state index contributed by atoms with van der Waals surface area (Å²) < 4.78 is 22.8. The molecule has 0 aliphatic carbocycles. The SMILES string of the molecule is COO[C@@H]1[C@H](OP(=O)(O)O)[C@@H](CO)O[C@H]1n1cnc2c(=O)[nH]c(N)nc21. The molecular weight excluding hydrogens is 377 g/mol. The second-order valence-corrected chi connectivity index (χ2v) is 6.50. The monoisotopic (exact) mass is 393 g/mol. The fourth-order valence-corrected chi connectivity index (χ4v) is 3.28. The van der Waals surface area contributed by atoms with Crippen LogP contribution in [-0.2, 0) is 23.6 Å². The van der Waals surface area contributed by atoms with Crippen molar-refractivity contribution in [2.45, 2.75) is 24.5 Å². The molecule has 0 saturated carbocycles. The highest BCUT2D eigenvalue weighted by atomic mass is 31.2. The lowest BCUT2D eigenvalue weighted by Crippen LogP contribution is -2.37. The van der Waals surface area contributed by atoms with Crippen LogP contribution < -0.4 is 11.3 Å². The van der Waals surface area contributed by atoms with Crippen molar-refractivity contribution in [2.75, 3.05) is 19.5 Å². The lowest BCUT2D eigenvalue weighted by atomic mass is 10.1. The van der Waals surface area contributed by atoms with Crippen molar-refractivity contribution in [3.63, 3.8) is 0 Å². The van der Waals surface area contributed by atoms with Gasteiger partial charge in [0.05, 0.1) is 20.0 Å². The van der Waals surface area contributed by atoms with E-state index in [1.165, 1.54) is 18.0 Å². The van der Waals surface area contributed by atoms with Crippen molar-refractivity contribution in [1.29, 1.82) is 0 Å². The maximum absolute atomic E-state index is 11.9. The highest BCUT2D eigenvalue weighted by Crippen LogP contribution is 2.45. The van der Waals surface area contributed by atoms with Gasteiger partial charge in [-0.2, -0.15) is 4.98 Å². The Balaban J connectivity index is 2.06. The summed E-state index contributed by atoms with van der Waals surface area (Å²) in [5.74, 6) is -0.173. The molecule has 1 aliphatic heterocycles. The van der Waals surface area contributed by atoms with Crippen LogP contribution in [0.15, 0.2) is 11.1 Å². The number of aliphatic hydroxyl groups excluding tert-OH is 1. The third-order valence-corrected chi connectivity index (χ3v) is 4.17. The summed E-state index contributed by atoms with van der Waals surface area (Å²) in [6.07, 6.45) is -3.71. The van der Waals surface area contributed by atoms with Crippen LogP contribution in [0.2, 0.25) is 0 Å². The van der Waals surface area contributed by atoms with Crippen molar-refractivity contribution in [2.24, 2.45) is 0 Å². The van der Waals surface area contributed by atoms with Gasteiger partial charge in [0.1, 0.15) is 12.2 Å². The minimum Gasteiger partial charge on any atom is -0.394 e. The number of fused-ring (bicyclic) bond motifs is 1. The number of phosphoric acid groups is 1. The maximum atomic E-state index is 11.9. The van der Waals surface area contributed by atoms with Crippen LogP contribution in [0.4, 0.5) is 5.95 Å². The Bertz CT molecular complexity index is 894. The van der Waals surface area contributed by atoms with Gasteiger partial charge in [0.15, 0.2) is 23.5 Å². The van der Waals surface area contributed by atoms with E-state index in [0.717, 1.165) is 0 Å². The van der Waals surface area contributed by atoms with Crippen molar-refractivity contribution in [3.05, 3.63) is 16.7 Å². The molecule has 144 valence electrons. The van der Waals surface area contributed by atoms with E-state index in [1.54, 1.807) is 0 Å². The number of phosphoric ester groups is 1. The van der Waals surface area contributed by atoms with E-state index in [1.807, 2.05) is 0 Å². The van der Waals surface area contributed by atoms with E-state index >= 15 is 0 Å². The molecule has 4 atom stereocenters. The fraction of sp³-hybridized carbons (Fsp3) is 0.545. The number of nitrogen functional groups attached to an aromatic ring is 1. The number of H-pyrrole nitrogens is 1. The van der Waals surface area contributed by atoms with Gasteiger partial charge in [-0.3, -0.25) is 18.9 Å². The van der Waals surface area contributed by atoms with E-state index in [2.05, 4.69) is 24.4 Å². The number of anilines is 1. The minimum atomic E-state index is -4.94. The van der Waals surface area contributed by atoms with E-state index < -0.39 is 44.5 Å². The molecule has 0 aromatic carbocycles. The Morgan fingerprint density at radius 2 is 2.19 bits per heavy atom. The number of rotatable bonds is 6. The van der Waals surface area contributed by atoms with Gasteiger partial charge in [-0.15, -0.1) is 0 Å². The van der Waals surface area contributed by atoms with Gasteiger partial charge in [0.25, 0.3) is 5.56 Å². The second kappa shape index (κ2) is 7.02. The Hall–Kier alpha value is -1.90. The number of aromatic nitrogens is 4. The van der Waals surface area contributed by atoms with Crippen molar-refractivity contribution < 1.29 is 38.5 Å². The average molecular weight is 393 g/mol. The van der Waals surface area contributed by atoms with E-state index in [0.29, 0.717) is 0 Å². The summed E-state index contributed by atoms with van der Waals surface area (Å²) in [5, 5.41) is 9.47. The van der Waals surface area contributed by atoms with Gasteiger partial charge in [0, 0.05) is 0 Å². The van der Waals surface area contributed by atoms with Gasteiger partial charge in [0.2, 0.25) is 5.95 Å². The van der Waals surface area contributed by atoms with Crippen LogP contribution in [0, 0.1) is 0 Å². The lowest BCUT2D eigenvalue weighted by Gasteiger charge is -2.23. The molecule has 14 nitrogen and oxygen atoms in total. The third-order valence-electron chi connectivity index (χ3n) is 3.66. The highest BCUT2D eigenvalue weighted by Gasteiger charge is 2.51. The van der Waals surface area contributed by atoms with E-state index in [-0.39, 0.29) is 17.1 Å². The second-order valence-electron chi connectivity index (χ2n) is 5.31. The molecule has 1 fully saturated rings. The molecular formula is C11H16N5O9P. The zero-order valence-corrected chi connectivity index (χ0v) is 14.1. The number of nitrogens with zero attached hydrogens (tertiary/aromatic N) is 3. The summed E-state index contributed by atoms with van der Waals surface area (Å²) in [6, 6.07) is 0. The third kappa shape index (κ3) is 3.49. The predicted molar refractivity (Wildman–Crippen MR) is 82.4 cm³/mol. The van der Waals surface area contributed by atoms with Gasteiger partial charge in [-0.05, 0) is 0 Å². The zero-order chi connectivity index (χ0) is 19.1. The number of nitrogens with two attached hydrogens (primary N) is 1. The highest BCUT2D eigenvalue weighted by molar-refractivity contribution is 7.46. The molecule has 3 heterocycles. The van der Waals surface area contributed by atoms with Crippen molar-refractivity contribution >= 4 is 24.9 Å². The molecule has 2 aromatic heterocycles. The summed E-state index contributed by atoms with van der Waals surface area (Å²) >= 11 is 0. The molecule has 6 N–H and O–H groups in total. The standard InChI is InChI=1S/C11H16N5O9P/c1-22-24-7-6(25-26(19,20)21)4(2-17)23-10(7)16-3-13-5-8(16)14-11(12)15-9(5)18/h3-4,6-7,10,17H,2H2,1H3,(H2,19,20,21)(H3,12,14,15,18)/t4-,6-,7-,10-/m1/s1. The van der Waals surface area contributed by atoms with Gasteiger partial charge in [-0.25, -0.2) is 19.3 Å². The summed E-state index contributed by atoms with van der Waals surface area (Å²) in [5.41, 5.74) is 4.94. The van der Waals surface area contributed by atoms with Crippen LogP contribution >= 0.6 is 7.82 Å². The van der Waals surface area contributed by atoms with Crippen molar-refractivity contribution in [1.82, 2.24) is 19.5 Å². The summed E-state index contributed by atoms with van der Waals surface area (Å²) in [4.78, 5) is 49.9. The van der Waals surface area contributed by atoms with Crippen LogP contribution in [-0.4, -0.2) is 66.4 Å². The number of ether oxygens (including phenoxy) is 1. The first-order valence-corrected chi connectivity index (χ1v) is 8.70. The molecule has 0 bridgehead atoms. The van der Waals surface area contributed by atoms with Gasteiger partial charge in [-0.1, -0.05) is 0 Å². The van der Waals surface area contributed by atoms with E-state index in [4.69, 9.17) is 25.1 Å². The van der Waals surface area contributed by atoms with Crippen LogP contribution in [0.5, 0.6) is 0 Å². The molecule has 0 spiro atoms. The molecule has 1 aliphatic rings. The molecule has 1 saturated heterocycles. The number of aromatic amines is 1. The van der Waals surface area contributed by atoms with Crippen LogP contribution in [0.3, 0.4) is 0 Å². The lowest BCUT2D eigenvalue weighted by molar-refractivity contribution is -0.326. The van der Waals surface area contributed by atoms with Crippen LogP contribution in [0.1, 0.15) is 6.23 Å². The maximum Gasteiger partial charge on any atom is 0.470 e. The first kappa shape index (κ1) is 18.9. The molecule has 0 unspecified atom stereocenters. The van der Waals surface area contributed by atoms with Gasteiger partial charge >= 0.3 is 7.82 Å². The summed E-state index contributed by atoms with van der Waals surface area (Å²) in [6.45, 7) is -0.631. The Morgan fingerprint density at radius 3 is 2.81 bits per heavy atom. The number of hydrogen-bond donors (Lipinski definition) is 5. The molecule has 0 amide bonds. The number of imidazole rings is 1. The zero-order valence-electron chi connectivity index (χ0n) is 13.3. The fourth-order valence-electron chi connectivity index (χ4n) is 2.71. The molecule has 0 radical (unpaired) electrons. The van der Waals surface area contributed by atoms with E-state index in [9.17, 15) is 14.5 Å². The largest absolute Gasteiger partial charge is 0.470 e. The first-order chi connectivity index (χ1) is 12.2. The smallest absolute Gasteiger partial charge is 0.394 e. The number of nitrogens with one attached hydrogen (secondary N) is 1. The Labute approximate surface area is 144 Å². The molecule has 3 rings (SSSR count). The number of hydrogen-bond acceptors (Lipinski definition) is 10. The molecule has 26 heavy (non-hydrogen) atoms. The first-order valence-electron chi connectivity index (χ1n) is 7.17. The minimum absolute atomic E-state index is 0.0365. The summed E-state index contributed by atoms with van der Waals surface area (Å²) in [7, 11) is -3.76. The Morgan fingerprint density at radius 1 is 1.46 bits per heavy atom. The molecule has 15 heteroatoms.